The van der Waals surface area contributed by atoms with Crippen molar-refractivity contribution < 1.29 is 13.2 Å². The molecule has 18 heavy (non-hydrogen) atoms. The number of hydrogen-bond acceptors (Lipinski definition) is 4. The standard InChI is InChI=1S/C12H14N2O3S/c13-6-7-17-12-3-1-2-11(8-12)14-18(15,16)9-10-4-5-10/h1-3,8,10,14H,4-5,7,9H2. The Bertz CT molecular complexity index is 559. The fourth-order valence-corrected chi connectivity index (χ4v) is 3.10. The number of rotatable bonds is 6. The van der Waals surface area contributed by atoms with Gasteiger partial charge in [0.1, 0.15) is 11.8 Å². The molecule has 0 bridgehead atoms. The molecule has 2 rings (SSSR count). The van der Waals surface area contributed by atoms with Gasteiger partial charge in [0, 0.05) is 6.07 Å². The summed E-state index contributed by atoms with van der Waals surface area (Å²) in [6.45, 7) is -0.0573. The molecule has 6 heteroatoms. The molecule has 0 aromatic heterocycles. The van der Waals surface area contributed by atoms with Gasteiger partial charge < -0.3 is 4.74 Å². The van der Waals surface area contributed by atoms with E-state index < -0.39 is 10.0 Å². The summed E-state index contributed by atoms with van der Waals surface area (Å²) in [5, 5.41) is 8.40. The van der Waals surface area contributed by atoms with Crippen molar-refractivity contribution in [1.29, 1.82) is 5.26 Å². The van der Waals surface area contributed by atoms with Crippen LogP contribution in [0, 0.1) is 17.2 Å². The minimum Gasteiger partial charge on any atom is -0.479 e. The van der Waals surface area contributed by atoms with E-state index in [1.165, 1.54) is 0 Å². The van der Waals surface area contributed by atoms with Crippen LogP contribution < -0.4 is 9.46 Å². The van der Waals surface area contributed by atoms with Crippen molar-refractivity contribution in [3.63, 3.8) is 0 Å². The van der Waals surface area contributed by atoms with Crippen LogP contribution in [0.15, 0.2) is 24.3 Å². The zero-order valence-electron chi connectivity index (χ0n) is 9.80. The average molecular weight is 266 g/mol. The highest BCUT2D eigenvalue weighted by molar-refractivity contribution is 7.92. The average Bonchev–Trinajstić information content (AvgIpc) is 3.09. The van der Waals surface area contributed by atoms with E-state index in [9.17, 15) is 8.42 Å². The molecule has 0 amide bonds. The first-order valence-corrected chi connectivity index (χ1v) is 7.34. The molecule has 0 spiro atoms. The largest absolute Gasteiger partial charge is 0.479 e. The van der Waals surface area contributed by atoms with Gasteiger partial charge in [-0.1, -0.05) is 6.07 Å². The van der Waals surface area contributed by atoms with E-state index >= 15 is 0 Å². The van der Waals surface area contributed by atoms with Crippen LogP contribution >= 0.6 is 0 Å². The lowest BCUT2D eigenvalue weighted by Crippen LogP contribution is -2.17. The predicted octanol–water partition coefficient (Wildman–Crippen LogP) is 1.74. The van der Waals surface area contributed by atoms with Crippen molar-refractivity contribution in [2.75, 3.05) is 17.1 Å². The second kappa shape index (κ2) is 5.27. The fourth-order valence-electron chi connectivity index (χ4n) is 1.58. The predicted molar refractivity (Wildman–Crippen MR) is 67.7 cm³/mol. The summed E-state index contributed by atoms with van der Waals surface area (Å²) in [4.78, 5) is 0. The molecule has 0 unspecified atom stereocenters. The molecule has 1 fully saturated rings. The summed E-state index contributed by atoms with van der Waals surface area (Å²) >= 11 is 0. The first kappa shape index (κ1) is 12.7. The molecular weight excluding hydrogens is 252 g/mol. The Balaban J connectivity index is 2.02. The van der Waals surface area contributed by atoms with E-state index in [0.29, 0.717) is 17.4 Å². The number of anilines is 1. The summed E-state index contributed by atoms with van der Waals surface area (Å²) in [7, 11) is -3.28. The third-order valence-electron chi connectivity index (χ3n) is 2.56. The van der Waals surface area contributed by atoms with Gasteiger partial charge in [-0.2, -0.15) is 5.26 Å². The first-order valence-electron chi connectivity index (χ1n) is 5.69. The Labute approximate surface area is 106 Å². The van der Waals surface area contributed by atoms with Gasteiger partial charge >= 0.3 is 0 Å². The summed E-state index contributed by atoms with van der Waals surface area (Å²) < 4.78 is 31.2. The minimum absolute atomic E-state index is 0.0573. The van der Waals surface area contributed by atoms with Crippen LogP contribution in [0.4, 0.5) is 5.69 Å². The van der Waals surface area contributed by atoms with Crippen molar-refractivity contribution in [2.24, 2.45) is 5.92 Å². The molecule has 1 aliphatic rings. The van der Waals surface area contributed by atoms with Gasteiger partial charge in [-0.3, -0.25) is 4.72 Å². The lowest BCUT2D eigenvalue weighted by Gasteiger charge is -2.08. The number of hydrogen-bond donors (Lipinski definition) is 1. The maximum Gasteiger partial charge on any atom is 0.232 e. The molecule has 0 radical (unpaired) electrons. The van der Waals surface area contributed by atoms with E-state index in [1.54, 1.807) is 24.3 Å². The normalized spacial score (nSPS) is 14.8. The second-order valence-corrected chi connectivity index (χ2v) is 6.07. The van der Waals surface area contributed by atoms with Gasteiger partial charge in [0.15, 0.2) is 6.61 Å². The van der Waals surface area contributed by atoms with Gasteiger partial charge in [-0.05, 0) is 30.9 Å². The maximum atomic E-state index is 11.8. The van der Waals surface area contributed by atoms with Crippen LogP contribution in [0.5, 0.6) is 5.75 Å². The highest BCUT2D eigenvalue weighted by Gasteiger charge is 2.27. The SMILES string of the molecule is N#CCOc1cccc(NS(=O)(=O)CC2CC2)c1. The minimum atomic E-state index is -3.28. The monoisotopic (exact) mass is 266 g/mol. The van der Waals surface area contributed by atoms with Gasteiger partial charge in [-0.15, -0.1) is 0 Å². The van der Waals surface area contributed by atoms with Crippen molar-refractivity contribution in [3.05, 3.63) is 24.3 Å². The Hall–Kier alpha value is -1.74. The third kappa shape index (κ3) is 3.93. The van der Waals surface area contributed by atoms with Crippen LogP contribution in [0.3, 0.4) is 0 Å². The molecule has 1 saturated carbocycles. The second-order valence-electron chi connectivity index (χ2n) is 4.30. The lowest BCUT2D eigenvalue weighted by molar-refractivity contribution is 0.368. The van der Waals surface area contributed by atoms with Gasteiger partial charge in [0.25, 0.3) is 0 Å². The summed E-state index contributed by atoms with van der Waals surface area (Å²) in [6, 6.07) is 8.44. The highest BCUT2D eigenvalue weighted by atomic mass is 32.2. The van der Waals surface area contributed by atoms with Crippen molar-refractivity contribution >= 4 is 15.7 Å². The van der Waals surface area contributed by atoms with Crippen LogP contribution in [-0.2, 0) is 10.0 Å². The zero-order valence-corrected chi connectivity index (χ0v) is 10.6. The molecule has 0 saturated heterocycles. The Morgan fingerprint density at radius 2 is 2.22 bits per heavy atom. The van der Waals surface area contributed by atoms with Gasteiger partial charge in [-0.25, -0.2) is 8.42 Å². The third-order valence-corrected chi connectivity index (χ3v) is 4.02. The first-order chi connectivity index (χ1) is 8.59. The topological polar surface area (TPSA) is 79.2 Å². The van der Waals surface area contributed by atoms with E-state index in [4.69, 9.17) is 10.00 Å². The highest BCUT2D eigenvalue weighted by Crippen LogP contribution is 2.30. The summed E-state index contributed by atoms with van der Waals surface area (Å²) in [5.41, 5.74) is 0.464. The van der Waals surface area contributed by atoms with Crippen molar-refractivity contribution in [2.45, 2.75) is 12.8 Å². The van der Waals surface area contributed by atoms with Crippen molar-refractivity contribution in [3.8, 4) is 11.8 Å². The molecule has 1 aromatic carbocycles. The van der Waals surface area contributed by atoms with Crippen molar-refractivity contribution in [1.82, 2.24) is 0 Å². The molecule has 1 N–H and O–H groups in total. The fraction of sp³-hybridized carbons (Fsp3) is 0.417. The number of nitrogens with zero attached hydrogens (tertiary/aromatic N) is 1. The maximum absolute atomic E-state index is 11.8. The van der Waals surface area contributed by atoms with Crippen LogP contribution in [0.25, 0.3) is 0 Å². The molecule has 0 aliphatic heterocycles. The molecule has 1 aromatic rings. The molecule has 96 valence electrons. The number of nitrogens with one attached hydrogen (secondary N) is 1. The number of nitriles is 1. The smallest absolute Gasteiger partial charge is 0.232 e. The molecule has 0 heterocycles. The van der Waals surface area contributed by atoms with E-state index in [0.717, 1.165) is 12.8 Å². The Morgan fingerprint density at radius 3 is 2.89 bits per heavy atom. The van der Waals surface area contributed by atoms with Gasteiger partial charge in [0.05, 0.1) is 11.4 Å². The quantitative estimate of drug-likeness (QED) is 0.850. The van der Waals surface area contributed by atoms with E-state index in [1.807, 2.05) is 6.07 Å². The molecule has 5 nitrogen and oxygen atoms in total. The van der Waals surface area contributed by atoms with E-state index in [2.05, 4.69) is 4.72 Å². The zero-order chi connectivity index (χ0) is 13.0. The lowest BCUT2D eigenvalue weighted by atomic mass is 10.3. The van der Waals surface area contributed by atoms with Crippen LogP contribution in [0.1, 0.15) is 12.8 Å². The molecule has 0 atom stereocenters. The van der Waals surface area contributed by atoms with Gasteiger partial charge in [0.2, 0.25) is 10.0 Å². The summed E-state index contributed by atoms with van der Waals surface area (Å²) in [5.74, 6) is 0.958. The number of sulfonamides is 1. The Kier molecular flexibility index (Phi) is 3.72. The van der Waals surface area contributed by atoms with E-state index in [-0.39, 0.29) is 12.4 Å². The number of benzene rings is 1. The Morgan fingerprint density at radius 1 is 1.44 bits per heavy atom. The van der Waals surface area contributed by atoms with Crippen LogP contribution in [0.2, 0.25) is 0 Å². The molecular formula is C12H14N2O3S. The number of ether oxygens (including phenoxy) is 1. The summed E-state index contributed by atoms with van der Waals surface area (Å²) in [6.07, 6.45) is 1.98. The van der Waals surface area contributed by atoms with Crippen LogP contribution in [-0.4, -0.2) is 20.8 Å². The molecule has 1 aliphatic carbocycles.